The van der Waals surface area contributed by atoms with Crippen LogP contribution in [-0.2, 0) is 11.2 Å². The van der Waals surface area contributed by atoms with Crippen molar-refractivity contribution in [2.45, 2.75) is 19.4 Å². The number of nitrogens with zero attached hydrogens (tertiary/aromatic N) is 2. The Hall–Kier alpha value is -2.86. The molecule has 1 atom stereocenters. The predicted molar refractivity (Wildman–Crippen MR) is 144 cm³/mol. The maximum absolute atomic E-state index is 13.7. The van der Waals surface area contributed by atoms with Crippen molar-refractivity contribution in [1.82, 2.24) is 9.80 Å². The molecule has 2 amide bonds. The number of rotatable bonds is 5. The van der Waals surface area contributed by atoms with E-state index in [-0.39, 0.29) is 24.4 Å². The Labute approximate surface area is 218 Å². The second-order valence-electron chi connectivity index (χ2n) is 8.55. The van der Waals surface area contributed by atoms with Crippen LogP contribution in [-0.4, -0.2) is 41.2 Å². The number of thiophene rings is 1. The standard InChI is InChI=1S/C28H24Cl2N2O2S/c1-2-31(28(34)21-9-5-7-18-6-3-4-8-20(18)21)17-26(33)32-14-12-25-23(13-15-35-25)27(32)22-11-10-19(29)16-24(22)30/h3-11,13,15-16,27H,2,12,14,17H2,1H3. The largest absolute Gasteiger partial charge is 0.330 e. The van der Waals surface area contributed by atoms with E-state index in [4.69, 9.17) is 23.2 Å². The van der Waals surface area contributed by atoms with E-state index >= 15 is 0 Å². The fraction of sp³-hybridized carbons (Fsp3) is 0.214. The first-order valence-electron chi connectivity index (χ1n) is 11.6. The summed E-state index contributed by atoms with van der Waals surface area (Å²) in [6, 6.07) is 20.7. The number of benzene rings is 3. The summed E-state index contributed by atoms with van der Waals surface area (Å²) in [5.41, 5.74) is 2.53. The van der Waals surface area contributed by atoms with Crippen LogP contribution in [0.4, 0.5) is 0 Å². The summed E-state index contributed by atoms with van der Waals surface area (Å²) in [7, 11) is 0. The minimum atomic E-state index is -0.311. The Kier molecular flexibility index (Phi) is 6.83. The molecule has 0 fully saturated rings. The number of likely N-dealkylation sites (N-methyl/N-ethyl adjacent to an activating group) is 1. The van der Waals surface area contributed by atoms with Gasteiger partial charge in [-0.25, -0.2) is 0 Å². The third-order valence-corrected chi connectivity index (χ3v) is 8.12. The minimum absolute atomic E-state index is 0.000264. The average molecular weight is 523 g/mol. The molecular formula is C28H24Cl2N2O2S. The van der Waals surface area contributed by atoms with E-state index in [1.807, 2.05) is 60.4 Å². The highest BCUT2D eigenvalue weighted by Crippen LogP contribution is 2.41. The quantitative estimate of drug-likeness (QED) is 0.287. The molecule has 4 nitrogen and oxygen atoms in total. The topological polar surface area (TPSA) is 40.6 Å². The highest BCUT2D eigenvalue weighted by molar-refractivity contribution is 7.10. The lowest BCUT2D eigenvalue weighted by atomic mass is 9.93. The van der Waals surface area contributed by atoms with Crippen molar-refractivity contribution in [3.8, 4) is 0 Å². The van der Waals surface area contributed by atoms with Gasteiger partial charge in [-0.05, 0) is 64.9 Å². The summed E-state index contributed by atoms with van der Waals surface area (Å²) >= 11 is 14.4. The number of carbonyl (C=O) groups is 2. The molecule has 2 heterocycles. The zero-order valence-electron chi connectivity index (χ0n) is 19.2. The normalized spacial score (nSPS) is 15.2. The van der Waals surface area contributed by atoms with Gasteiger partial charge in [0.25, 0.3) is 5.91 Å². The Morgan fingerprint density at radius 2 is 1.83 bits per heavy atom. The van der Waals surface area contributed by atoms with E-state index in [1.54, 1.807) is 28.4 Å². The number of halogens is 2. The number of amides is 2. The molecule has 0 spiro atoms. The maximum atomic E-state index is 13.7. The molecule has 0 bridgehead atoms. The zero-order valence-corrected chi connectivity index (χ0v) is 21.5. The van der Waals surface area contributed by atoms with Crippen LogP contribution >= 0.6 is 34.5 Å². The Morgan fingerprint density at radius 1 is 1.03 bits per heavy atom. The van der Waals surface area contributed by atoms with E-state index in [2.05, 4.69) is 11.4 Å². The molecule has 1 unspecified atom stereocenters. The van der Waals surface area contributed by atoms with Crippen molar-refractivity contribution in [2.24, 2.45) is 0 Å². The first-order chi connectivity index (χ1) is 17.0. The van der Waals surface area contributed by atoms with Gasteiger partial charge in [-0.3, -0.25) is 9.59 Å². The Morgan fingerprint density at radius 3 is 2.63 bits per heavy atom. The number of carbonyl (C=O) groups excluding carboxylic acids is 2. The molecule has 7 heteroatoms. The van der Waals surface area contributed by atoms with Crippen molar-refractivity contribution < 1.29 is 9.59 Å². The van der Waals surface area contributed by atoms with Gasteiger partial charge < -0.3 is 9.80 Å². The van der Waals surface area contributed by atoms with E-state index in [9.17, 15) is 9.59 Å². The molecular weight excluding hydrogens is 499 g/mol. The van der Waals surface area contributed by atoms with Crippen LogP contribution in [0, 0.1) is 0 Å². The molecule has 0 radical (unpaired) electrons. The van der Waals surface area contributed by atoms with Gasteiger partial charge in [0.2, 0.25) is 5.91 Å². The summed E-state index contributed by atoms with van der Waals surface area (Å²) < 4.78 is 0. The van der Waals surface area contributed by atoms with Gasteiger partial charge in [-0.15, -0.1) is 11.3 Å². The highest BCUT2D eigenvalue weighted by atomic mass is 35.5. The molecule has 0 N–H and O–H groups in total. The van der Waals surface area contributed by atoms with E-state index < -0.39 is 0 Å². The number of fused-ring (bicyclic) bond motifs is 2. The van der Waals surface area contributed by atoms with Gasteiger partial charge in [0.05, 0.1) is 6.04 Å². The highest BCUT2D eigenvalue weighted by Gasteiger charge is 2.35. The third-order valence-electron chi connectivity index (χ3n) is 6.56. The molecule has 0 saturated carbocycles. The van der Waals surface area contributed by atoms with Crippen LogP contribution < -0.4 is 0 Å². The van der Waals surface area contributed by atoms with Crippen molar-refractivity contribution in [3.63, 3.8) is 0 Å². The molecule has 0 saturated heterocycles. The third kappa shape index (κ3) is 4.56. The van der Waals surface area contributed by atoms with Crippen LogP contribution in [0.15, 0.2) is 72.1 Å². The van der Waals surface area contributed by atoms with Gasteiger partial charge in [-0.1, -0.05) is 65.7 Å². The van der Waals surface area contributed by atoms with Gasteiger partial charge in [0, 0.05) is 33.6 Å². The van der Waals surface area contributed by atoms with Crippen molar-refractivity contribution in [3.05, 3.63) is 104 Å². The lowest BCUT2D eigenvalue weighted by molar-refractivity contribution is -0.134. The lowest BCUT2D eigenvalue weighted by Crippen LogP contribution is -2.46. The van der Waals surface area contributed by atoms with Crippen LogP contribution in [0.3, 0.4) is 0 Å². The molecule has 178 valence electrons. The van der Waals surface area contributed by atoms with Crippen LogP contribution in [0.25, 0.3) is 10.8 Å². The molecule has 35 heavy (non-hydrogen) atoms. The van der Waals surface area contributed by atoms with Gasteiger partial charge >= 0.3 is 0 Å². The monoisotopic (exact) mass is 522 g/mol. The van der Waals surface area contributed by atoms with Gasteiger partial charge in [0.15, 0.2) is 0 Å². The van der Waals surface area contributed by atoms with Gasteiger partial charge in [-0.2, -0.15) is 0 Å². The maximum Gasteiger partial charge on any atom is 0.254 e. The second-order valence-corrected chi connectivity index (χ2v) is 10.4. The molecule has 4 aromatic rings. The van der Waals surface area contributed by atoms with Crippen LogP contribution in [0.2, 0.25) is 10.0 Å². The predicted octanol–water partition coefficient (Wildman–Crippen LogP) is 6.84. The molecule has 1 aliphatic heterocycles. The second kappa shape index (κ2) is 10.0. The number of hydrogen-bond acceptors (Lipinski definition) is 3. The summed E-state index contributed by atoms with van der Waals surface area (Å²) in [6.07, 6.45) is 0.782. The van der Waals surface area contributed by atoms with Crippen LogP contribution in [0.5, 0.6) is 0 Å². The van der Waals surface area contributed by atoms with E-state index in [0.717, 1.165) is 28.3 Å². The smallest absolute Gasteiger partial charge is 0.254 e. The first kappa shape index (κ1) is 23.9. The van der Waals surface area contributed by atoms with Crippen LogP contribution in [0.1, 0.15) is 39.3 Å². The van der Waals surface area contributed by atoms with Crippen molar-refractivity contribution in [2.75, 3.05) is 19.6 Å². The Balaban J connectivity index is 1.45. The molecule has 3 aromatic carbocycles. The fourth-order valence-corrected chi connectivity index (χ4v) is 6.22. The summed E-state index contributed by atoms with van der Waals surface area (Å²) in [5.74, 6) is -0.250. The fourth-order valence-electron chi connectivity index (χ4n) is 4.81. The zero-order chi connectivity index (χ0) is 24.5. The average Bonchev–Trinajstić information content (AvgIpc) is 3.35. The van der Waals surface area contributed by atoms with Crippen molar-refractivity contribution in [1.29, 1.82) is 0 Å². The molecule has 0 aliphatic carbocycles. The van der Waals surface area contributed by atoms with E-state index in [0.29, 0.717) is 28.7 Å². The minimum Gasteiger partial charge on any atom is -0.330 e. The number of hydrogen-bond donors (Lipinski definition) is 0. The Bertz CT molecular complexity index is 1410. The molecule has 1 aliphatic rings. The van der Waals surface area contributed by atoms with Gasteiger partial charge in [0.1, 0.15) is 6.54 Å². The molecule has 5 rings (SSSR count). The van der Waals surface area contributed by atoms with Crippen molar-refractivity contribution >= 4 is 57.1 Å². The first-order valence-corrected chi connectivity index (χ1v) is 13.2. The lowest BCUT2D eigenvalue weighted by Gasteiger charge is -2.38. The SMILES string of the molecule is CCN(CC(=O)N1CCc2sccc2C1c1ccc(Cl)cc1Cl)C(=O)c1cccc2ccccc12. The molecule has 1 aromatic heterocycles. The summed E-state index contributed by atoms with van der Waals surface area (Å²) in [5, 5.41) is 5.02. The summed E-state index contributed by atoms with van der Waals surface area (Å²) in [4.78, 5) is 32.0. The van der Waals surface area contributed by atoms with E-state index in [1.165, 1.54) is 4.88 Å². The summed E-state index contributed by atoms with van der Waals surface area (Å²) in [6.45, 7) is 2.89.